The number of nitro benzene ring substituents is 1. The standard InChI is InChI=1S/C10H9ClN2O3/c11-7-3-4-8(13(15)16)6-2-1-5-12-10(14)9(6)7/h3-4H,1-2,5H2,(H,12,14). The zero-order chi connectivity index (χ0) is 11.7. The average molecular weight is 241 g/mol. The van der Waals surface area contributed by atoms with E-state index in [1.807, 2.05) is 0 Å². The number of hydrogen-bond acceptors (Lipinski definition) is 3. The summed E-state index contributed by atoms with van der Waals surface area (Å²) in [6, 6.07) is 2.74. The lowest BCUT2D eigenvalue weighted by Crippen LogP contribution is -2.23. The molecule has 0 fully saturated rings. The lowest BCUT2D eigenvalue weighted by molar-refractivity contribution is -0.385. The summed E-state index contributed by atoms with van der Waals surface area (Å²) in [6.07, 6.45) is 1.17. The predicted molar refractivity (Wildman–Crippen MR) is 58.8 cm³/mol. The van der Waals surface area contributed by atoms with E-state index < -0.39 is 4.92 Å². The number of carbonyl (C=O) groups is 1. The van der Waals surface area contributed by atoms with Crippen molar-refractivity contribution in [1.82, 2.24) is 5.32 Å². The highest BCUT2D eigenvalue weighted by Gasteiger charge is 2.25. The van der Waals surface area contributed by atoms with Gasteiger partial charge in [-0.1, -0.05) is 11.6 Å². The van der Waals surface area contributed by atoms with Gasteiger partial charge in [0, 0.05) is 18.2 Å². The number of fused-ring (bicyclic) bond motifs is 1. The van der Waals surface area contributed by atoms with Crippen molar-refractivity contribution >= 4 is 23.2 Å². The second kappa shape index (κ2) is 4.09. The molecule has 16 heavy (non-hydrogen) atoms. The van der Waals surface area contributed by atoms with Crippen LogP contribution in [0.25, 0.3) is 0 Å². The van der Waals surface area contributed by atoms with E-state index in [0.29, 0.717) is 24.9 Å². The maximum absolute atomic E-state index is 11.7. The van der Waals surface area contributed by atoms with E-state index >= 15 is 0 Å². The zero-order valence-corrected chi connectivity index (χ0v) is 9.08. The number of halogens is 1. The molecule has 0 unspecified atom stereocenters. The topological polar surface area (TPSA) is 72.2 Å². The van der Waals surface area contributed by atoms with E-state index in [4.69, 9.17) is 11.6 Å². The van der Waals surface area contributed by atoms with Crippen molar-refractivity contribution in [2.75, 3.05) is 6.54 Å². The van der Waals surface area contributed by atoms with Gasteiger partial charge in [-0.15, -0.1) is 0 Å². The molecule has 0 saturated carbocycles. The highest BCUT2D eigenvalue weighted by atomic mass is 35.5. The largest absolute Gasteiger partial charge is 0.352 e. The Balaban J connectivity index is 2.67. The third-order valence-electron chi connectivity index (χ3n) is 2.55. The van der Waals surface area contributed by atoms with E-state index in [9.17, 15) is 14.9 Å². The van der Waals surface area contributed by atoms with Gasteiger partial charge in [-0.05, 0) is 18.9 Å². The van der Waals surface area contributed by atoms with Crippen LogP contribution < -0.4 is 5.32 Å². The normalized spacial score (nSPS) is 14.9. The molecular formula is C10H9ClN2O3. The third kappa shape index (κ3) is 1.74. The van der Waals surface area contributed by atoms with Crippen molar-refractivity contribution in [3.05, 3.63) is 38.4 Å². The molecule has 1 aromatic rings. The smallest absolute Gasteiger partial charge is 0.273 e. The van der Waals surface area contributed by atoms with Crippen molar-refractivity contribution in [1.29, 1.82) is 0 Å². The van der Waals surface area contributed by atoms with E-state index in [2.05, 4.69) is 5.32 Å². The molecule has 1 aromatic carbocycles. The Hall–Kier alpha value is -1.62. The van der Waals surface area contributed by atoms with Crippen LogP contribution in [0.4, 0.5) is 5.69 Å². The highest BCUT2D eigenvalue weighted by molar-refractivity contribution is 6.34. The summed E-state index contributed by atoms with van der Waals surface area (Å²) in [5.74, 6) is -0.332. The van der Waals surface area contributed by atoms with E-state index in [1.54, 1.807) is 0 Å². The van der Waals surface area contributed by atoms with Crippen LogP contribution in [0.1, 0.15) is 22.3 Å². The van der Waals surface area contributed by atoms with Crippen LogP contribution >= 0.6 is 11.6 Å². The van der Waals surface area contributed by atoms with Crippen LogP contribution in [0.5, 0.6) is 0 Å². The monoisotopic (exact) mass is 240 g/mol. The number of amides is 1. The fraction of sp³-hybridized carbons (Fsp3) is 0.300. The van der Waals surface area contributed by atoms with Gasteiger partial charge in [0.05, 0.1) is 15.5 Å². The Morgan fingerprint density at radius 2 is 2.19 bits per heavy atom. The molecule has 1 N–H and O–H groups in total. The summed E-state index contributed by atoms with van der Waals surface area (Å²) in [7, 11) is 0. The van der Waals surface area contributed by atoms with Gasteiger partial charge in [0.2, 0.25) is 0 Å². The second-order valence-electron chi connectivity index (χ2n) is 3.54. The first-order chi connectivity index (χ1) is 7.61. The van der Waals surface area contributed by atoms with Crippen molar-refractivity contribution in [2.45, 2.75) is 12.8 Å². The molecule has 1 heterocycles. The Morgan fingerprint density at radius 1 is 1.44 bits per heavy atom. The molecule has 0 aromatic heterocycles. The molecular weight excluding hydrogens is 232 g/mol. The summed E-state index contributed by atoms with van der Waals surface area (Å²) in [5.41, 5.74) is 0.650. The fourth-order valence-corrected chi connectivity index (χ4v) is 2.10. The summed E-state index contributed by atoms with van der Waals surface area (Å²) < 4.78 is 0. The fourth-order valence-electron chi connectivity index (χ4n) is 1.83. The predicted octanol–water partition coefficient (Wildman–Crippen LogP) is 1.92. The number of nitrogens with zero attached hydrogens (tertiary/aromatic N) is 1. The number of rotatable bonds is 1. The highest BCUT2D eigenvalue weighted by Crippen LogP contribution is 2.30. The van der Waals surface area contributed by atoms with Gasteiger partial charge >= 0.3 is 0 Å². The van der Waals surface area contributed by atoms with Crippen LogP contribution in [0.3, 0.4) is 0 Å². The van der Waals surface area contributed by atoms with Crippen LogP contribution in [0.2, 0.25) is 5.02 Å². The molecule has 0 spiro atoms. The van der Waals surface area contributed by atoms with Crippen molar-refractivity contribution < 1.29 is 9.72 Å². The number of nitrogens with one attached hydrogen (secondary N) is 1. The molecule has 0 saturated heterocycles. The van der Waals surface area contributed by atoms with Gasteiger partial charge in [0.15, 0.2) is 0 Å². The average Bonchev–Trinajstić information content (AvgIpc) is 2.41. The van der Waals surface area contributed by atoms with Crippen LogP contribution in [0, 0.1) is 10.1 Å². The van der Waals surface area contributed by atoms with Crippen LogP contribution in [-0.2, 0) is 6.42 Å². The minimum Gasteiger partial charge on any atom is -0.352 e. The lowest BCUT2D eigenvalue weighted by atomic mass is 10.0. The van der Waals surface area contributed by atoms with E-state index in [-0.39, 0.29) is 22.2 Å². The molecule has 0 radical (unpaired) electrons. The van der Waals surface area contributed by atoms with Gasteiger partial charge in [0.1, 0.15) is 0 Å². The van der Waals surface area contributed by atoms with Crippen molar-refractivity contribution in [3.8, 4) is 0 Å². The SMILES string of the molecule is O=C1NCCCc2c([N+](=O)[O-])ccc(Cl)c21. The molecule has 1 aliphatic heterocycles. The molecule has 1 aliphatic rings. The third-order valence-corrected chi connectivity index (χ3v) is 2.87. The molecule has 2 rings (SSSR count). The zero-order valence-electron chi connectivity index (χ0n) is 8.33. The van der Waals surface area contributed by atoms with Crippen LogP contribution in [-0.4, -0.2) is 17.4 Å². The molecule has 6 heteroatoms. The van der Waals surface area contributed by atoms with E-state index in [0.717, 1.165) is 0 Å². The first kappa shape index (κ1) is 10.9. The lowest BCUT2D eigenvalue weighted by Gasteiger charge is -2.06. The van der Waals surface area contributed by atoms with Gasteiger partial charge < -0.3 is 5.32 Å². The Labute approximate surface area is 96.6 Å². The minimum atomic E-state index is -0.478. The summed E-state index contributed by atoms with van der Waals surface area (Å²) >= 11 is 5.90. The molecule has 0 atom stereocenters. The van der Waals surface area contributed by atoms with Gasteiger partial charge in [-0.3, -0.25) is 14.9 Å². The number of benzene rings is 1. The number of nitro groups is 1. The quantitative estimate of drug-likeness (QED) is 0.602. The van der Waals surface area contributed by atoms with Gasteiger partial charge in [-0.2, -0.15) is 0 Å². The molecule has 84 valence electrons. The molecule has 0 bridgehead atoms. The first-order valence-corrected chi connectivity index (χ1v) is 5.23. The molecule has 0 aliphatic carbocycles. The number of hydrogen-bond donors (Lipinski definition) is 1. The Morgan fingerprint density at radius 3 is 2.88 bits per heavy atom. The Kier molecular flexibility index (Phi) is 2.78. The van der Waals surface area contributed by atoms with E-state index in [1.165, 1.54) is 12.1 Å². The van der Waals surface area contributed by atoms with Crippen LogP contribution in [0.15, 0.2) is 12.1 Å². The summed E-state index contributed by atoms with van der Waals surface area (Å²) in [5, 5.41) is 13.8. The van der Waals surface area contributed by atoms with Gasteiger partial charge in [-0.25, -0.2) is 0 Å². The van der Waals surface area contributed by atoms with Gasteiger partial charge in [0.25, 0.3) is 11.6 Å². The maximum atomic E-state index is 11.7. The Bertz CT molecular complexity index is 473. The molecule has 1 amide bonds. The second-order valence-corrected chi connectivity index (χ2v) is 3.94. The minimum absolute atomic E-state index is 0.0311. The van der Waals surface area contributed by atoms with Crippen molar-refractivity contribution in [2.24, 2.45) is 0 Å². The number of carbonyl (C=O) groups excluding carboxylic acids is 1. The summed E-state index contributed by atoms with van der Waals surface area (Å²) in [6.45, 7) is 0.515. The van der Waals surface area contributed by atoms with Crippen molar-refractivity contribution in [3.63, 3.8) is 0 Å². The molecule has 5 nitrogen and oxygen atoms in total. The summed E-state index contributed by atoms with van der Waals surface area (Å²) in [4.78, 5) is 22.0. The first-order valence-electron chi connectivity index (χ1n) is 4.85. The maximum Gasteiger partial charge on any atom is 0.273 e.